The summed E-state index contributed by atoms with van der Waals surface area (Å²) in [5.41, 5.74) is 3.00. The topological polar surface area (TPSA) is 63.4 Å². The van der Waals surface area contributed by atoms with Crippen LogP contribution in [0.5, 0.6) is 5.75 Å². The van der Waals surface area contributed by atoms with Crippen molar-refractivity contribution in [2.75, 3.05) is 0 Å². The first-order valence-electron chi connectivity index (χ1n) is 5.78. The van der Waals surface area contributed by atoms with Crippen LogP contribution in [-0.2, 0) is 0 Å². The molecule has 0 aliphatic carbocycles. The molecule has 0 amide bonds. The van der Waals surface area contributed by atoms with Crippen LogP contribution < -0.4 is 0 Å². The number of phenolic OH excluding ortho intramolecular Hbond substituents is 1. The van der Waals surface area contributed by atoms with E-state index in [1.807, 2.05) is 25.1 Å². The number of benzene rings is 2. The van der Waals surface area contributed by atoms with E-state index in [0.717, 1.165) is 16.7 Å². The number of aromatic hydroxyl groups is 1. The molecule has 19 heavy (non-hydrogen) atoms. The van der Waals surface area contributed by atoms with Crippen LogP contribution in [0.15, 0.2) is 48.5 Å². The summed E-state index contributed by atoms with van der Waals surface area (Å²) >= 11 is 0. The highest BCUT2D eigenvalue weighted by Gasteiger charge is 2.03. The van der Waals surface area contributed by atoms with E-state index in [2.05, 4.69) is 0 Å². The summed E-state index contributed by atoms with van der Waals surface area (Å²) < 4.78 is 0. The fourth-order valence-electron chi connectivity index (χ4n) is 1.75. The normalized spacial score (nSPS) is 11.3. The van der Waals surface area contributed by atoms with Gasteiger partial charge in [-0.25, -0.2) is 0 Å². The van der Waals surface area contributed by atoms with Gasteiger partial charge in [0.1, 0.15) is 5.75 Å². The standard InChI is InChI=1S/C15H13NO3/c1-11(13-4-8-15(17)9-5-13)10-12-2-6-14(7-3-12)16(18)19/h2-10,17H,1H3/b11-10+. The van der Waals surface area contributed by atoms with E-state index in [0.29, 0.717) is 0 Å². The third kappa shape index (κ3) is 3.19. The predicted molar refractivity (Wildman–Crippen MR) is 74.7 cm³/mol. The summed E-state index contributed by atoms with van der Waals surface area (Å²) in [6.07, 6.45) is 1.94. The van der Waals surface area contributed by atoms with Crippen LogP contribution in [0.1, 0.15) is 18.1 Å². The molecule has 0 unspecified atom stereocenters. The lowest BCUT2D eigenvalue weighted by Gasteiger charge is -2.02. The molecule has 0 heterocycles. The van der Waals surface area contributed by atoms with Crippen molar-refractivity contribution in [1.82, 2.24) is 0 Å². The Hall–Kier alpha value is -2.62. The van der Waals surface area contributed by atoms with Gasteiger partial charge in [-0.05, 0) is 47.9 Å². The van der Waals surface area contributed by atoms with E-state index in [9.17, 15) is 15.2 Å². The Kier molecular flexibility index (Phi) is 3.61. The van der Waals surface area contributed by atoms with Gasteiger partial charge < -0.3 is 5.11 Å². The molecule has 4 nitrogen and oxygen atoms in total. The molecule has 0 aromatic heterocycles. The molecule has 2 rings (SSSR count). The third-order valence-corrected chi connectivity index (χ3v) is 2.81. The Balaban J connectivity index is 2.25. The molecule has 0 spiro atoms. The molecule has 4 heteroatoms. The monoisotopic (exact) mass is 255 g/mol. The van der Waals surface area contributed by atoms with E-state index in [-0.39, 0.29) is 11.4 Å². The van der Waals surface area contributed by atoms with E-state index in [4.69, 9.17) is 0 Å². The quantitative estimate of drug-likeness (QED) is 0.514. The second-order valence-electron chi connectivity index (χ2n) is 4.22. The van der Waals surface area contributed by atoms with Crippen LogP contribution in [-0.4, -0.2) is 10.0 Å². The highest BCUT2D eigenvalue weighted by Crippen LogP contribution is 2.21. The minimum atomic E-state index is -0.416. The molecule has 0 aliphatic heterocycles. The summed E-state index contributed by atoms with van der Waals surface area (Å²) in [5.74, 6) is 0.229. The summed E-state index contributed by atoms with van der Waals surface area (Å²) in [7, 11) is 0. The maximum absolute atomic E-state index is 10.6. The molecule has 0 saturated heterocycles. The first-order valence-corrected chi connectivity index (χ1v) is 5.78. The van der Waals surface area contributed by atoms with Gasteiger partial charge in [0, 0.05) is 12.1 Å². The Labute approximate surface area is 110 Å². The number of hydrogen-bond acceptors (Lipinski definition) is 3. The summed E-state index contributed by atoms with van der Waals surface area (Å²) in [6, 6.07) is 13.3. The van der Waals surface area contributed by atoms with Crippen LogP contribution in [0.2, 0.25) is 0 Å². The summed E-state index contributed by atoms with van der Waals surface area (Å²) in [5, 5.41) is 19.8. The average molecular weight is 255 g/mol. The molecule has 96 valence electrons. The molecule has 0 radical (unpaired) electrons. The van der Waals surface area contributed by atoms with E-state index >= 15 is 0 Å². The largest absolute Gasteiger partial charge is 0.508 e. The number of nitro benzene ring substituents is 1. The number of hydrogen-bond donors (Lipinski definition) is 1. The minimum absolute atomic E-state index is 0.0828. The highest BCUT2D eigenvalue weighted by atomic mass is 16.6. The van der Waals surface area contributed by atoms with Gasteiger partial charge in [0.25, 0.3) is 5.69 Å². The SMILES string of the molecule is C/C(=C\c1ccc([N+](=O)[O-])cc1)c1ccc(O)cc1. The zero-order valence-electron chi connectivity index (χ0n) is 10.4. The van der Waals surface area contributed by atoms with Crippen LogP contribution >= 0.6 is 0 Å². The van der Waals surface area contributed by atoms with Gasteiger partial charge in [0.05, 0.1) is 4.92 Å². The van der Waals surface area contributed by atoms with Gasteiger partial charge >= 0.3 is 0 Å². The predicted octanol–water partition coefficient (Wildman–Crippen LogP) is 3.86. The van der Waals surface area contributed by atoms with E-state index in [1.54, 1.807) is 24.3 Å². The second-order valence-corrected chi connectivity index (χ2v) is 4.22. The van der Waals surface area contributed by atoms with Crippen molar-refractivity contribution in [2.45, 2.75) is 6.92 Å². The van der Waals surface area contributed by atoms with E-state index < -0.39 is 4.92 Å². The van der Waals surface area contributed by atoms with Gasteiger partial charge in [0.2, 0.25) is 0 Å². The lowest BCUT2D eigenvalue weighted by atomic mass is 10.0. The number of nitro groups is 1. The Morgan fingerprint density at radius 3 is 2.21 bits per heavy atom. The van der Waals surface area contributed by atoms with Crippen molar-refractivity contribution in [2.24, 2.45) is 0 Å². The average Bonchev–Trinajstić information content (AvgIpc) is 2.40. The van der Waals surface area contributed by atoms with Crippen molar-refractivity contribution in [3.05, 3.63) is 69.8 Å². The zero-order valence-corrected chi connectivity index (χ0v) is 10.4. The van der Waals surface area contributed by atoms with Gasteiger partial charge in [-0.1, -0.05) is 18.2 Å². The first kappa shape index (κ1) is 12.8. The Morgan fingerprint density at radius 2 is 1.68 bits per heavy atom. The van der Waals surface area contributed by atoms with Gasteiger partial charge in [-0.3, -0.25) is 10.1 Å². The maximum atomic E-state index is 10.6. The zero-order chi connectivity index (χ0) is 13.8. The number of non-ortho nitro benzene ring substituents is 1. The van der Waals surface area contributed by atoms with Crippen LogP contribution in [0.25, 0.3) is 11.6 Å². The van der Waals surface area contributed by atoms with Crippen LogP contribution in [0.4, 0.5) is 5.69 Å². The first-order chi connectivity index (χ1) is 9.06. The molecular weight excluding hydrogens is 242 g/mol. The third-order valence-electron chi connectivity index (χ3n) is 2.81. The lowest BCUT2D eigenvalue weighted by molar-refractivity contribution is -0.384. The van der Waals surface area contributed by atoms with Gasteiger partial charge in [0.15, 0.2) is 0 Å². The van der Waals surface area contributed by atoms with E-state index in [1.165, 1.54) is 12.1 Å². The molecule has 0 fully saturated rings. The summed E-state index contributed by atoms with van der Waals surface area (Å²) in [6.45, 7) is 1.95. The number of nitrogens with zero attached hydrogens (tertiary/aromatic N) is 1. The maximum Gasteiger partial charge on any atom is 0.269 e. The van der Waals surface area contributed by atoms with Crippen molar-refractivity contribution in [3.63, 3.8) is 0 Å². The number of phenols is 1. The minimum Gasteiger partial charge on any atom is -0.508 e. The van der Waals surface area contributed by atoms with Crippen LogP contribution in [0.3, 0.4) is 0 Å². The molecule has 1 N–H and O–H groups in total. The Bertz CT molecular complexity index is 613. The molecular formula is C15H13NO3. The molecule has 0 atom stereocenters. The fraction of sp³-hybridized carbons (Fsp3) is 0.0667. The van der Waals surface area contributed by atoms with Gasteiger partial charge in [-0.2, -0.15) is 0 Å². The second kappa shape index (κ2) is 5.35. The van der Waals surface area contributed by atoms with Crippen molar-refractivity contribution in [3.8, 4) is 5.75 Å². The molecule has 0 bridgehead atoms. The van der Waals surface area contributed by atoms with Crippen molar-refractivity contribution >= 4 is 17.3 Å². The van der Waals surface area contributed by atoms with Crippen molar-refractivity contribution < 1.29 is 10.0 Å². The number of rotatable bonds is 3. The van der Waals surface area contributed by atoms with Crippen LogP contribution in [0, 0.1) is 10.1 Å². The summed E-state index contributed by atoms with van der Waals surface area (Å²) in [4.78, 5) is 10.1. The highest BCUT2D eigenvalue weighted by molar-refractivity contribution is 5.80. The lowest BCUT2D eigenvalue weighted by Crippen LogP contribution is -1.87. The van der Waals surface area contributed by atoms with Gasteiger partial charge in [-0.15, -0.1) is 0 Å². The molecule has 2 aromatic carbocycles. The van der Waals surface area contributed by atoms with Crippen molar-refractivity contribution in [1.29, 1.82) is 0 Å². The Morgan fingerprint density at radius 1 is 1.11 bits per heavy atom. The fourth-order valence-corrected chi connectivity index (χ4v) is 1.75. The number of allylic oxidation sites excluding steroid dienone is 1. The molecule has 0 aliphatic rings. The smallest absolute Gasteiger partial charge is 0.269 e. The molecule has 0 saturated carbocycles. The molecule has 2 aromatic rings.